The number of rotatable bonds is 6. The summed E-state index contributed by atoms with van der Waals surface area (Å²) in [6.07, 6.45) is 0.440. The van der Waals surface area contributed by atoms with Crippen LogP contribution in [0, 0.1) is 0 Å². The Balaban J connectivity index is 2.12. The normalized spacial score (nSPS) is 22.2. The lowest BCUT2D eigenvalue weighted by Crippen LogP contribution is -2.36. The van der Waals surface area contributed by atoms with Crippen LogP contribution in [0.15, 0.2) is 29.2 Å². The lowest BCUT2D eigenvalue weighted by molar-refractivity contribution is 0.0367. The molecule has 0 aliphatic carbocycles. The van der Waals surface area contributed by atoms with E-state index in [-0.39, 0.29) is 11.5 Å². The maximum absolute atomic E-state index is 12.5. The minimum atomic E-state index is -3.53. The molecule has 0 saturated carbocycles. The quantitative estimate of drug-likeness (QED) is 0.794. The molecule has 9 heteroatoms. The predicted octanol–water partition coefficient (Wildman–Crippen LogP) is 1.48. The third kappa shape index (κ3) is 4.59. The Morgan fingerprint density at radius 3 is 2.16 bits per heavy atom. The zero-order valence-corrected chi connectivity index (χ0v) is 16.8. The highest BCUT2D eigenvalue weighted by Crippen LogP contribution is 2.29. The molecule has 0 aromatic heterocycles. The predicted molar refractivity (Wildman–Crippen MR) is 96.2 cm³/mol. The van der Waals surface area contributed by atoms with Gasteiger partial charge in [0.25, 0.3) is 0 Å². The zero-order chi connectivity index (χ0) is 19.0. The second kappa shape index (κ2) is 6.96. The van der Waals surface area contributed by atoms with Crippen molar-refractivity contribution in [3.05, 3.63) is 29.8 Å². The van der Waals surface area contributed by atoms with E-state index in [0.29, 0.717) is 12.0 Å². The number of benzene rings is 1. The van der Waals surface area contributed by atoms with E-state index in [1.54, 1.807) is 19.1 Å². The first-order valence-corrected chi connectivity index (χ1v) is 11.0. The summed E-state index contributed by atoms with van der Waals surface area (Å²) in [5.74, 6) is 0. The fourth-order valence-electron chi connectivity index (χ4n) is 2.73. The molecule has 2 atom stereocenters. The molecule has 1 fully saturated rings. The van der Waals surface area contributed by atoms with Crippen molar-refractivity contribution in [1.82, 2.24) is 9.03 Å². The molecule has 1 heterocycles. The SMILES string of the molecule is CC(NS(=O)(=O)C1COC(C)(C)C1)c1ccc(S(=O)(=O)N(C)C)cc1. The highest BCUT2D eigenvalue weighted by atomic mass is 32.2. The summed E-state index contributed by atoms with van der Waals surface area (Å²) in [6.45, 7) is 5.65. The maximum Gasteiger partial charge on any atom is 0.242 e. The van der Waals surface area contributed by atoms with E-state index in [1.807, 2.05) is 13.8 Å². The van der Waals surface area contributed by atoms with Gasteiger partial charge in [-0.1, -0.05) is 12.1 Å². The van der Waals surface area contributed by atoms with Crippen molar-refractivity contribution in [3.8, 4) is 0 Å². The van der Waals surface area contributed by atoms with Gasteiger partial charge in [-0.05, 0) is 44.9 Å². The van der Waals surface area contributed by atoms with Gasteiger partial charge in [0.15, 0.2) is 0 Å². The van der Waals surface area contributed by atoms with Gasteiger partial charge >= 0.3 is 0 Å². The summed E-state index contributed by atoms with van der Waals surface area (Å²) in [6, 6.07) is 5.75. The van der Waals surface area contributed by atoms with E-state index >= 15 is 0 Å². The molecule has 1 aliphatic heterocycles. The number of ether oxygens (including phenoxy) is 1. The molecule has 0 spiro atoms. The van der Waals surface area contributed by atoms with Crippen molar-refractivity contribution in [1.29, 1.82) is 0 Å². The second-order valence-corrected chi connectivity index (χ2v) is 11.3. The van der Waals surface area contributed by atoms with Gasteiger partial charge in [0.05, 0.1) is 17.1 Å². The van der Waals surface area contributed by atoms with Gasteiger partial charge in [0.2, 0.25) is 20.0 Å². The van der Waals surface area contributed by atoms with E-state index in [2.05, 4.69) is 4.72 Å². The van der Waals surface area contributed by atoms with Crippen molar-refractivity contribution < 1.29 is 21.6 Å². The fraction of sp³-hybridized carbons (Fsp3) is 0.625. The average molecular weight is 391 g/mol. The molecule has 25 heavy (non-hydrogen) atoms. The summed E-state index contributed by atoms with van der Waals surface area (Å²) in [5.41, 5.74) is 0.254. The van der Waals surface area contributed by atoms with Gasteiger partial charge in [-0.2, -0.15) is 0 Å². The highest BCUT2D eigenvalue weighted by Gasteiger charge is 2.40. The molecule has 142 valence electrons. The van der Waals surface area contributed by atoms with E-state index in [4.69, 9.17) is 4.74 Å². The number of hydrogen-bond acceptors (Lipinski definition) is 5. The monoisotopic (exact) mass is 390 g/mol. The summed E-state index contributed by atoms with van der Waals surface area (Å²) >= 11 is 0. The first kappa shape index (κ1) is 20.3. The largest absolute Gasteiger partial charge is 0.374 e. The third-order valence-electron chi connectivity index (χ3n) is 4.32. The number of sulfonamides is 2. The lowest BCUT2D eigenvalue weighted by atomic mass is 10.1. The Morgan fingerprint density at radius 2 is 1.72 bits per heavy atom. The Morgan fingerprint density at radius 1 is 1.16 bits per heavy atom. The van der Waals surface area contributed by atoms with Crippen LogP contribution in [0.1, 0.15) is 38.8 Å². The van der Waals surface area contributed by atoms with Crippen molar-refractivity contribution in [2.24, 2.45) is 0 Å². The summed E-state index contributed by atoms with van der Waals surface area (Å²) in [5, 5.41) is -0.585. The second-order valence-electron chi connectivity index (χ2n) is 7.14. The summed E-state index contributed by atoms with van der Waals surface area (Å²) in [4.78, 5) is 0.169. The van der Waals surface area contributed by atoms with Crippen LogP contribution in [0.25, 0.3) is 0 Å². The molecule has 0 bridgehead atoms. The van der Waals surface area contributed by atoms with E-state index in [1.165, 1.54) is 26.2 Å². The Bertz CT molecular complexity index is 815. The van der Waals surface area contributed by atoms with Crippen LogP contribution in [-0.2, 0) is 24.8 Å². The molecular weight excluding hydrogens is 364 g/mol. The van der Waals surface area contributed by atoms with E-state index in [0.717, 1.165) is 4.31 Å². The fourth-order valence-corrected chi connectivity index (χ4v) is 5.32. The van der Waals surface area contributed by atoms with Crippen LogP contribution in [0.2, 0.25) is 0 Å². The molecule has 1 aromatic carbocycles. The van der Waals surface area contributed by atoms with Crippen LogP contribution in [0.4, 0.5) is 0 Å². The number of nitrogens with one attached hydrogen (secondary N) is 1. The molecule has 0 amide bonds. The van der Waals surface area contributed by atoms with Crippen LogP contribution >= 0.6 is 0 Å². The first-order chi connectivity index (χ1) is 11.3. The van der Waals surface area contributed by atoms with Crippen molar-refractivity contribution in [3.63, 3.8) is 0 Å². The molecule has 2 unspecified atom stereocenters. The van der Waals surface area contributed by atoms with Crippen molar-refractivity contribution in [2.75, 3.05) is 20.7 Å². The van der Waals surface area contributed by atoms with Crippen LogP contribution in [-0.4, -0.2) is 52.7 Å². The maximum atomic E-state index is 12.5. The smallest absolute Gasteiger partial charge is 0.242 e. The van der Waals surface area contributed by atoms with E-state index in [9.17, 15) is 16.8 Å². The summed E-state index contributed by atoms with van der Waals surface area (Å²) in [7, 11) is -4.11. The standard InChI is InChI=1S/C16H26N2O5S2/c1-12(17-24(19,20)15-10-16(2,3)23-11-15)13-6-8-14(9-7-13)25(21,22)18(4)5/h6-9,12,15,17H,10-11H2,1-5H3. The lowest BCUT2D eigenvalue weighted by Gasteiger charge is -2.19. The first-order valence-electron chi connectivity index (χ1n) is 8.03. The Labute approximate surface area is 150 Å². The van der Waals surface area contributed by atoms with Crippen molar-refractivity contribution >= 4 is 20.0 Å². The van der Waals surface area contributed by atoms with E-state index < -0.39 is 36.9 Å². The van der Waals surface area contributed by atoms with Gasteiger partial charge in [-0.25, -0.2) is 25.9 Å². The number of hydrogen-bond donors (Lipinski definition) is 1. The average Bonchev–Trinajstić information content (AvgIpc) is 2.88. The van der Waals surface area contributed by atoms with Gasteiger partial charge in [-0.3, -0.25) is 0 Å². The van der Waals surface area contributed by atoms with Crippen LogP contribution in [0.3, 0.4) is 0 Å². The third-order valence-corrected chi connectivity index (χ3v) is 8.01. The van der Waals surface area contributed by atoms with Gasteiger partial charge in [0.1, 0.15) is 5.25 Å². The molecule has 7 nitrogen and oxygen atoms in total. The van der Waals surface area contributed by atoms with Gasteiger partial charge in [-0.15, -0.1) is 0 Å². The molecular formula is C16H26N2O5S2. The topological polar surface area (TPSA) is 92.8 Å². The molecule has 2 rings (SSSR count). The molecule has 0 radical (unpaired) electrons. The highest BCUT2D eigenvalue weighted by molar-refractivity contribution is 7.90. The Kier molecular flexibility index (Phi) is 5.65. The zero-order valence-electron chi connectivity index (χ0n) is 15.2. The molecule has 1 saturated heterocycles. The molecule has 1 aromatic rings. The van der Waals surface area contributed by atoms with Crippen LogP contribution in [0.5, 0.6) is 0 Å². The minimum Gasteiger partial charge on any atom is -0.374 e. The summed E-state index contributed by atoms with van der Waals surface area (Å²) < 4.78 is 58.5. The molecule has 1 aliphatic rings. The van der Waals surface area contributed by atoms with Crippen LogP contribution < -0.4 is 4.72 Å². The Hall–Kier alpha value is -1.00. The van der Waals surface area contributed by atoms with Crippen molar-refractivity contribution in [2.45, 2.75) is 49.0 Å². The van der Waals surface area contributed by atoms with Gasteiger partial charge in [0, 0.05) is 20.1 Å². The number of nitrogens with zero attached hydrogens (tertiary/aromatic N) is 1. The van der Waals surface area contributed by atoms with Gasteiger partial charge < -0.3 is 4.74 Å². The minimum absolute atomic E-state index is 0.169. The molecule has 1 N–H and O–H groups in total.